The van der Waals surface area contributed by atoms with Crippen molar-refractivity contribution in [3.63, 3.8) is 0 Å². The van der Waals surface area contributed by atoms with E-state index in [4.69, 9.17) is 14.7 Å². The van der Waals surface area contributed by atoms with Crippen molar-refractivity contribution in [3.8, 4) is 23.3 Å². The van der Waals surface area contributed by atoms with Crippen LogP contribution < -0.4 is 9.47 Å². The van der Waals surface area contributed by atoms with Crippen LogP contribution in [0.25, 0.3) is 5.69 Å². The van der Waals surface area contributed by atoms with Gasteiger partial charge in [-0.3, -0.25) is 0 Å². The van der Waals surface area contributed by atoms with E-state index in [9.17, 15) is 0 Å². The molecule has 7 nitrogen and oxygen atoms in total. The number of hydrogen-bond acceptors (Lipinski definition) is 7. The molecule has 132 valence electrons. The Balaban J connectivity index is 1.63. The van der Waals surface area contributed by atoms with Crippen LogP contribution in [0.15, 0.2) is 47.6 Å². The van der Waals surface area contributed by atoms with Gasteiger partial charge in [0.15, 0.2) is 0 Å². The van der Waals surface area contributed by atoms with Gasteiger partial charge in [0.25, 0.3) is 0 Å². The third kappa shape index (κ3) is 4.13. The predicted molar refractivity (Wildman–Crippen MR) is 97.8 cm³/mol. The van der Waals surface area contributed by atoms with Crippen molar-refractivity contribution in [2.24, 2.45) is 0 Å². The summed E-state index contributed by atoms with van der Waals surface area (Å²) >= 11 is 1.49. The molecule has 0 saturated heterocycles. The molecule has 2 aromatic carbocycles. The van der Waals surface area contributed by atoms with E-state index in [1.165, 1.54) is 11.8 Å². The molecule has 3 rings (SSSR count). The molecule has 0 bridgehead atoms. The number of methoxy groups -OCH3 is 1. The van der Waals surface area contributed by atoms with Crippen molar-refractivity contribution >= 4 is 11.8 Å². The van der Waals surface area contributed by atoms with Crippen LogP contribution in [0.2, 0.25) is 0 Å². The maximum absolute atomic E-state index is 8.80. The average Bonchev–Trinajstić information content (AvgIpc) is 3.14. The number of tetrazole rings is 1. The van der Waals surface area contributed by atoms with E-state index in [1.807, 2.05) is 25.1 Å². The summed E-state index contributed by atoms with van der Waals surface area (Å²) in [5.74, 6) is 2.11. The normalized spacial score (nSPS) is 10.3. The molecule has 0 spiro atoms. The third-order valence-corrected chi connectivity index (χ3v) is 4.45. The minimum Gasteiger partial charge on any atom is -0.494 e. The van der Waals surface area contributed by atoms with Crippen molar-refractivity contribution in [3.05, 3.63) is 53.6 Å². The van der Waals surface area contributed by atoms with E-state index in [0.717, 1.165) is 17.0 Å². The zero-order valence-corrected chi connectivity index (χ0v) is 15.2. The molecular weight excluding hydrogens is 350 g/mol. The molecule has 0 aliphatic carbocycles. The highest BCUT2D eigenvalue weighted by Crippen LogP contribution is 2.27. The second-order valence-corrected chi connectivity index (χ2v) is 6.44. The number of ether oxygens (including phenoxy) is 2. The van der Waals surface area contributed by atoms with Gasteiger partial charge in [-0.05, 0) is 59.3 Å². The molecule has 0 saturated carbocycles. The lowest BCUT2D eigenvalue weighted by molar-refractivity contribution is 0.344. The van der Waals surface area contributed by atoms with Gasteiger partial charge in [-0.25, -0.2) is 0 Å². The lowest BCUT2D eigenvalue weighted by Crippen LogP contribution is -2.05. The van der Waals surface area contributed by atoms with Crippen LogP contribution >= 0.6 is 11.8 Å². The number of nitrogens with zero attached hydrogens (tertiary/aromatic N) is 5. The van der Waals surface area contributed by atoms with Crippen LogP contribution in [-0.2, 0) is 0 Å². The fourth-order valence-corrected chi connectivity index (χ4v) is 3.00. The van der Waals surface area contributed by atoms with Crippen LogP contribution in [0.1, 0.15) is 11.1 Å². The highest BCUT2D eigenvalue weighted by Gasteiger charge is 2.13. The van der Waals surface area contributed by atoms with Gasteiger partial charge < -0.3 is 9.47 Å². The van der Waals surface area contributed by atoms with Gasteiger partial charge in [-0.15, -0.1) is 5.10 Å². The predicted octanol–water partition coefficient (Wildman–Crippen LogP) is 3.02. The monoisotopic (exact) mass is 367 g/mol. The first-order valence-corrected chi connectivity index (χ1v) is 8.89. The zero-order valence-electron chi connectivity index (χ0n) is 14.4. The summed E-state index contributed by atoms with van der Waals surface area (Å²) in [5.41, 5.74) is 2.50. The van der Waals surface area contributed by atoms with Crippen molar-refractivity contribution in [2.75, 3.05) is 19.5 Å². The summed E-state index contributed by atoms with van der Waals surface area (Å²) in [5, 5.41) is 21.4. The second-order valence-electron chi connectivity index (χ2n) is 5.38. The number of thioether (sulfide) groups is 1. The maximum atomic E-state index is 8.80. The molecule has 0 aliphatic heterocycles. The molecular formula is C18H17N5O2S. The van der Waals surface area contributed by atoms with Gasteiger partial charge in [-0.1, -0.05) is 17.8 Å². The third-order valence-electron chi connectivity index (χ3n) is 3.57. The smallest absolute Gasteiger partial charge is 0.214 e. The highest BCUT2D eigenvalue weighted by atomic mass is 32.2. The molecule has 0 aliphatic rings. The number of aryl methyl sites for hydroxylation is 1. The molecule has 0 fully saturated rings. The maximum Gasteiger partial charge on any atom is 0.214 e. The standard InChI is InChI=1S/C18H17N5O2S/c1-13-3-8-17(24-2)16(11-13)23-18(20-21-22-23)26-10-9-25-15-6-4-14(12-19)5-7-15/h3-8,11H,9-10H2,1-2H3. The summed E-state index contributed by atoms with van der Waals surface area (Å²) in [6.07, 6.45) is 0. The molecule has 26 heavy (non-hydrogen) atoms. The Morgan fingerprint density at radius 1 is 1.19 bits per heavy atom. The molecule has 0 atom stereocenters. The van der Waals surface area contributed by atoms with E-state index in [-0.39, 0.29) is 0 Å². The second kappa shape index (κ2) is 8.36. The van der Waals surface area contributed by atoms with Crippen molar-refractivity contribution in [2.45, 2.75) is 12.1 Å². The van der Waals surface area contributed by atoms with Gasteiger partial charge in [0.05, 0.1) is 25.3 Å². The molecule has 8 heteroatoms. The SMILES string of the molecule is COc1ccc(C)cc1-n1nnnc1SCCOc1ccc(C#N)cc1. The van der Waals surface area contributed by atoms with Crippen LogP contribution in [0.5, 0.6) is 11.5 Å². The van der Waals surface area contributed by atoms with E-state index in [2.05, 4.69) is 21.6 Å². The number of nitriles is 1. The Bertz CT molecular complexity index is 918. The van der Waals surface area contributed by atoms with Crippen LogP contribution in [0.3, 0.4) is 0 Å². The van der Waals surface area contributed by atoms with Crippen LogP contribution in [-0.4, -0.2) is 39.7 Å². The van der Waals surface area contributed by atoms with Crippen molar-refractivity contribution in [1.82, 2.24) is 20.2 Å². The first-order chi connectivity index (χ1) is 12.7. The van der Waals surface area contributed by atoms with Crippen molar-refractivity contribution < 1.29 is 9.47 Å². The summed E-state index contributed by atoms with van der Waals surface area (Å²) in [4.78, 5) is 0. The Hall–Kier alpha value is -3.05. The fourth-order valence-electron chi connectivity index (χ4n) is 2.30. The number of aromatic nitrogens is 4. The fraction of sp³-hybridized carbons (Fsp3) is 0.222. The van der Waals surface area contributed by atoms with Gasteiger partial charge in [0, 0.05) is 5.75 Å². The number of hydrogen-bond donors (Lipinski definition) is 0. The van der Waals surface area contributed by atoms with Gasteiger partial charge in [0.1, 0.15) is 17.2 Å². The van der Waals surface area contributed by atoms with E-state index >= 15 is 0 Å². The first kappa shape index (κ1) is 17.8. The molecule has 0 radical (unpaired) electrons. The van der Waals surface area contributed by atoms with Gasteiger partial charge >= 0.3 is 0 Å². The highest BCUT2D eigenvalue weighted by molar-refractivity contribution is 7.99. The Labute approximate surface area is 155 Å². The molecule has 0 N–H and O–H groups in total. The quantitative estimate of drug-likeness (QED) is 0.469. The molecule has 3 aromatic rings. The summed E-state index contributed by atoms with van der Waals surface area (Å²) in [6.45, 7) is 2.50. The molecule has 1 aromatic heterocycles. The lowest BCUT2D eigenvalue weighted by atomic mass is 10.2. The summed E-state index contributed by atoms with van der Waals surface area (Å²) in [7, 11) is 1.62. The topological polar surface area (TPSA) is 85.8 Å². The molecule has 0 unspecified atom stereocenters. The molecule has 0 amide bonds. The Kier molecular flexibility index (Phi) is 5.71. The van der Waals surface area contributed by atoms with Gasteiger partial charge in [0.2, 0.25) is 5.16 Å². The number of rotatable bonds is 7. The minimum absolute atomic E-state index is 0.494. The van der Waals surface area contributed by atoms with E-state index in [0.29, 0.717) is 28.8 Å². The minimum atomic E-state index is 0.494. The van der Waals surface area contributed by atoms with Crippen LogP contribution in [0, 0.1) is 18.3 Å². The van der Waals surface area contributed by atoms with Gasteiger partial charge in [-0.2, -0.15) is 9.94 Å². The van der Waals surface area contributed by atoms with Crippen LogP contribution in [0.4, 0.5) is 0 Å². The number of benzene rings is 2. The summed E-state index contributed by atoms with van der Waals surface area (Å²) in [6, 6.07) is 15.0. The Morgan fingerprint density at radius 2 is 2.00 bits per heavy atom. The Morgan fingerprint density at radius 3 is 2.73 bits per heavy atom. The van der Waals surface area contributed by atoms with E-state index < -0.39 is 0 Å². The lowest BCUT2D eigenvalue weighted by Gasteiger charge is -2.10. The van der Waals surface area contributed by atoms with Crippen molar-refractivity contribution in [1.29, 1.82) is 5.26 Å². The summed E-state index contributed by atoms with van der Waals surface area (Å²) < 4.78 is 12.8. The van der Waals surface area contributed by atoms with E-state index in [1.54, 1.807) is 36.1 Å². The largest absolute Gasteiger partial charge is 0.494 e. The average molecular weight is 367 g/mol. The molecule has 1 heterocycles. The zero-order chi connectivity index (χ0) is 18.4. The first-order valence-electron chi connectivity index (χ1n) is 7.90.